The van der Waals surface area contributed by atoms with E-state index in [1.807, 2.05) is 0 Å². The summed E-state index contributed by atoms with van der Waals surface area (Å²) in [5.41, 5.74) is 4.28. The molecule has 2 fully saturated rings. The van der Waals surface area contributed by atoms with E-state index in [2.05, 4.69) is 61.8 Å². The van der Waals surface area contributed by atoms with Gasteiger partial charge in [-0.05, 0) is 83.4 Å². The number of hydrogen-bond donors (Lipinski definition) is 0. The van der Waals surface area contributed by atoms with Crippen molar-refractivity contribution in [1.29, 1.82) is 0 Å². The molecule has 2 heterocycles. The van der Waals surface area contributed by atoms with Gasteiger partial charge in [-0.15, -0.1) is 0 Å². The van der Waals surface area contributed by atoms with Gasteiger partial charge >= 0.3 is 0 Å². The Morgan fingerprint density at radius 2 is 1.92 bits per heavy atom. The summed E-state index contributed by atoms with van der Waals surface area (Å²) in [4.78, 5) is 7.48. The molecule has 0 aliphatic carbocycles. The predicted octanol–water partition coefficient (Wildman–Crippen LogP) is 3.47. The first-order chi connectivity index (χ1) is 12.5. The number of piperidine rings is 1. The maximum Gasteiger partial charge on any atom is 0.122 e. The Balaban J connectivity index is 1.71. The number of rotatable bonds is 6. The highest BCUT2D eigenvalue weighted by molar-refractivity contribution is 5.45. The van der Waals surface area contributed by atoms with Crippen LogP contribution < -0.4 is 4.74 Å². The van der Waals surface area contributed by atoms with Gasteiger partial charge in [-0.3, -0.25) is 4.90 Å². The second kappa shape index (κ2) is 8.73. The number of nitrogens with zero attached hydrogens (tertiary/aromatic N) is 3. The number of ether oxygens (including phenoxy) is 1. The van der Waals surface area contributed by atoms with E-state index in [0.29, 0.717) is 6.04 Å². The van der Waals surface area contributed by atoms with Crippen LogP contribution in [0.15, 0.2) is 12.1 Å². The second-order valence-corrected chi connectivity index (χ2v) is 8.51. The van der Waals surface area contributed by atoms with Crippen molar-refractivity contribution < 1.29 is 4.74 Å². The molecule has 0 amide bonds. The zero-order chi connectivity index (χ0) is 18.7. The Bertz CT molecular complexity index is 601. The highest BCUT2D eigenvalue weighted by atomic mass is 16.5. The second-order valence-electron chi connectivity index (χ2n) is 8.51. The molecule has 2 aliphatic rings. The van der Waals surface area contributed by atoms with Crippen LogP contribution in [-0.4, -0.2) is 74.7 Å². The topological polar surface area (TPSA) is 19.0 Å². The van der Waals surface area contributed by atoms with Crippen LogP contribution in [0.4, 0.5) is 0 Å². The smallest absolute Gasteiger partial charge is 0.122 e. The van der Waals surface area contributed by atoms with E-state index >= 15 is 0 Å². The summed E-state index contributed by atoms with van der Waals surface area (Å²) in [5.74, 6) is 1.07. The molecule has 2 unspecified atom stereocenters. The molecule has 1 aromatic rings. The lowest BCUT2D eigenvalue weighted by Gasteiger charge is -2.48. The van der Waals surface area contributed by atoms with E-state index in [4.69, 9.17) is 4.74 Å². The zero-order valence-corrected chi connectivity index (χ0v) is 17.4. The molecule has 4 nitrogen and oxygen atoms in total. The molecule has 0 saturated carbocycles. The molecule has 4 heteroatoms. The van der Waals surface area contributed by atoms with Gasteiger partial charge in [0.25, 0.3) is 0 Å². The Hall–Kier alpha value is -1.10. The highest BCUT2D eigenvalue weighted by Gasteiger charge is 2.35. The van der Waals surface area contributed by atoms with Gasteiger partial charge in [0, 0.05) is 38.3 Å². The normalized spacial score (nSPS) is 24.7. The molecule has 3 rings (SSSR count). The molecule has 0 N–H and O–H groups in total. The molecular weight excluding hydrogens is 322 g/mol. The van der Waals surface area contributed by atoms with E-state index in [1.165, 1.54) is 55.6 Å². The number of hydrogen-bond acceptors (Lipinski definition) is 4. The van der Waals surface area contributed by atoms with Crippen LogP contribution in [-0.2, 0) is 0 Å². The molecule has 2 aliphatic heterocycles. The van der Waals surface area contributed by atoms with Gasteiger partial charge in [-0.25, -0.2) is 0 Å². The van der Waals surface area contributed by atoms with Gasteiger partial charge in [0.2, 0.25) is 0 Å². The molecule has 0 spiro atoms. The molecule has 2 saturated heterocycles. The Labute approximate surface area is 160 Å². The number of benzene rings is 1. The van der Waals surface area contributed by atoms with Crippen molar-refractivity contribution >= 4 is 0 Å². The Kier molecular flexibility index (Phi) is 6.60. The summed E-state index contributed by atoms with van der Waals surface area (Å²) in [7, 11) is 6.48. The maximum absolute atomic E-state index is 6.08. The molecular formula is C22H37N3O. The average molecular weight is 360 g/mol. The first kappa shape index (κ1) is 19.7. The standard InChI is InChI=1S/C22H37N3O/c1-17-18(2)22(26-15-7-12-23(3)4)11-10-20(17)21-9-6-8-19-16-24(5)13-14-25(19)21/h10-11,19,21H,6-9,12-16H2,1-5H3. The fourth-order valence-electron chi connectivity index (χ4n) is 4.64. The van der Waals surface area contributed by atoms with Crippen molar-refractivity contribution in [3.8, 4) is 5.75 Å². The van der Waals surface area contributed by atoms with Crippen LogP contribution in [0.25, 0.3) is 0 Å². The van der Waals surface area contributed by atoms with Crippen LogP contribution in [0.2, 0.25) is 0 Å². The molecule has 1 aromatic carbocycles. The lowest BCUT2D eigenvalue weighted by molar-refractivity contribution is 0.0183. The molecule has 0 radical (unpaired) electrons. The van der Waals surface area contributed by atoms with E-state index < -0.39 is 0 Å². The third-order valence-corrected chi connectivity index (χ3v) is 6.29. The summed E-state index contributed by atoms with van der Waals surface area (Å²) < 4.78 is 6.08. The minimum atomic E-state index is 0.587. The van der Waals surface area contributed by atoms with E-state index in [-0.39, 0.29) is 0 Å². The quantitative estimate of drug-likeness (QED) is 0.724. The van der Waals surface area contributed by atoms with E-state index in [9.17, 15) is 0 Å². The highest BCUT2D eigenvalue weighted by Crippen LogP contribution is 2.39. The van der Waals surface area contributed by atoms with Crippen molar-refractivity contribution in [2.24, 2.45) is 0 Å². The molecule has 0 bridgehead atoms. The lowest BCUT2D eigenvalue weighted by Crippen LogP contribution is -2.54. The van der Waals surface area contributed by atoms with Gasteiger partial charge in [0.1, 0.15) is 5.75 Å². The van der Waals surface area contributed by atoms with Crippen molar-refractivity contribution in [3.05, 3.63) is 28.8 Å². The Morgan fingerprint density at radius 1 is 1.12 bits per heavy atom. The van der Waals surface area contributed by atoms with Gasteiger partial charge in [0.05, 0.1) is 6.61 Å². The number of piperazine rings is 1. The minimum absolute atomic E-state index is 0.587. The predicted molar refractivity (Wildman–Crippen MR) is 109 cm³/mol. The summed E-state index contributed by atoms with van der Waals surface area (Å²) in [6.45, 7) is 10.00. The van der Waals surface area contributed by atoms with E-state index in [1.54, 1.807) is 0 Å². The fraction of sp³-hybridized carbons (Fsp3) is 0.727. The summed E-state index contributed by atoms with van der Waals surface area (Å²) in [5, 5.41) is 0. The first-order valence-corrected chi connectivity index (χ1v) is 10.3. The van der Waals surface area contributed by atoms with Crippen LogP contribution in [0.5, 0.6) is 5.75 Å². The first-order valence-electron chi connectivity index (χ1n) is 10.3. The minimum Gasteiger partial charge on any atom is -0.493 e. The fourth-order valence-corrected chi connectivity index (χ4v) is 4.64. The summed E-state index contributed by atoms with van der Waals surface area (Å²) in [6.07, 6.45) is 5.06. The SMILES string of the molecule is Cc1c(OCCCN(C)C)ccc(C2CCCC3CN(C)CCN32)c1C. The summed E-state index contributed by atoms with van der Waals surface area (Å²) >= 11 is 0. The zero-order valence-electron chi connectivity index (χ0n) is 17.4. The van der Waals surface area contributed by atoms with Gasteiger partial charge in [0.15, 0.2) is 0 Å². The van der Waals surface area contributed by atoms with Crippen LogP contribution >= 0.6 is 0 Å². The van der Waals surface area contributed by atoms with Crippen LogP contribution in [0.1, 0.15) is 48.4 Å². The Morgan fingerprint density at radius 3 is 2.69 bits per heavy atom. The van der Waals surface area contributed by atoms with Gasteiger partial charge < -0.3 is 14.5 Å². The van der Waals surface area contributed by atoms with Crippen molar-refractivity contribution in [2.45, 2.75) is 51.6 Å². The van der Waals surface area contributed by atoms with Crippen LogP contribution in [0.3, 0.4) is 0 Å². The summed E-state index contributed by atoms with van der Waals surface area (Å²) in [6, 6.07) is 5.88. The lowest BCUT2D eigenvalue weighted by atomic mass is 9.86. The van der Waals surface area contributed by atoms with Gasteiger partial charge in [-0.2, -0.15) is 0 Å². The molecule has 146 valence electrons. The third kappa shape index (κ3) is 4.41. The number of likely N-dealkylation sites (N-methyl/N-ethyl adjacent to an activating group) is 1. The van der Waals surface area contributed by atoms with Gasteiger partial charge in [-0.1, -0.05) is 6.07 Å². The van der Waals surface area contributed by atoms with Crippen LogP contribution in [0, 0.1) is 13.8 Å². The average Bonchev–Trinajstić information content (AvgIpc) is 2.61. The van der Waals surface area contributed by atoms with Crippen molar-refractivity contribution in [3.63, 3.8) is 0 Å². The van der Waals surface area contributed by atoms with Crippen molar-refractivity contribution in [1.82, 2.24) is 14.7 Å². The van der Waals surface area contributed by atoms with Crippen molar-refractivity contribution in [2.75, 3.05) is 53.9 Å². The largest absolute Gasteiger partial charge is 0.493 e. The molecule has 2 atom stereocenters. The monoisotopic (exact) mass is 359 g/mol. The molecule has 0 aromatic heterocycles. The molecule has 26 heavy (non-hydrogen) atoms. The third-order valence-electron chi connectivity index (χ3n) is 6.29. The number of fused-ring (bicyclic) bond motifs is 1. The van der Waals surface area contributed by atoms with E-state index in [0.717, 1.165) is 31.4 Å². The maximum atomic E-state index is 6.08.